The van der Waals surface area contributed by atoms with Crippen molar-refractivity contribution in [3.05, 3.63) is 73.8 Å². The van der Waals surface area contributed by atoms with Gasteiger partial charge >= 0.3 is 5.76 Å². The van der Waals surface area contributed by atoms with Crippen molar-refractivity contribution >= 4 is 39.0 Å². The van der Waals surface area contributed by atoms with E-state index in [1.807, 2.05) is 0 Å². The van der Waals surface area contributed by atoms with E-state index >= 15 is 4.39 Å². The van der Waals surface area contributed by atoms with Crippen LogP contribution in [0.25, 0.3) is 0 Å². The van der Waals surface area contributed by atoms with Crippen LogP contribution in [-0.4, -0.2) is 48.2 Å². The number of carbonyl (C=O) groups is 2. The standard InChI is InChI=1S/C24H24ClFN4O6S/c1-11-6-7-17(26)20(12(11)2)13(3)21(23-27-28-24(33)36-23)30-10-19(32)29(5)18-9-15(25)8-16(14(4)31)22(18)37(30,34)35/h6-9,13,21H,10H2,1-5H3,(H,28,33)/t13-,21+/m1/s1. The topological polar surface area (TPSA) is 134 Å². The summed E-state index contributed by atoms with van der Waals surface area (Å²) in [4.78, 5) is 38.3. The van der Waals surface area contributed by atoms with Gasteiger partial charge in [-0.05, 0) is 55.7 Å². The molecule has 2 heterocycles. The normalized spacial score (nSPS) is 17.3. The van der Waals surface area contributed by atoms with Gasteiger partial charge in [-0.2, -0.15) is 4.31 Å². The predicted octanol–water partition coefficient (Wildman–Crippen LogP) is 3.49. The number of rotatable bonds is 5. The smallest absolute Gasteiger partial charge is 0.391 e. The number of nitrogens with zero attached hydrogens (tertiary/aromatic N) is 3. The quantitative estimate of drug-likeness (QED) is 0.481. The largest absolute Gasteiger partial charge is 0.434 e. The minimum atomic E-state index is -4.65. The summed E-state index contributed by atoms with van der Waals surface area (Å²) in [5, 5.41) is 6.00. The molecule has 37 heavy (non-hydrogen) atoms. The van der Waals surface area contributed by atoms with E-state index in [0.29, 0.717) is 5.56 Å². The van der Waals surface area contributed by atoms with E-state index in [9.17, 15) is 22.8 Å². The summed E-state index contributed by atoms with van der Waals surface area (Å²) in [5.41, 5.74) is 1.17. The minimum Gasteiger partial charge on any atom is -0.391 e. The number of hydrogen-bond acceptors (Lipinski definition) is 7. The third kappa shape index (κ3) is 4.49. The number of H-pyrrole nitrogens is 1. The number of aromatic nitrogens is 2. The van der Waals surface area contributed by atoms with Crippen LogP contribution in [0.1, 0.15) is 58.7 Å². The van der Waals surface area contributed by atoms with E-state index in [1.54, 1.807) is 26.8 Å². The molecule has 0 radical (unpaired) electrons. The molecule has 1 aromatic heterocycles. The van der Waals surface area contributed by atoms with E-state index in [0.717, 1.165) is 14.8 Å². The third-order valence-corrected chi connectivity index (χ3v) is 8.82. The fraction of sp³-hybridized carbons (Fsp3) is 0.333. The molecule has 1 aliphatic heterocycles. The van der Waals surface area contributed by atoms with Crippen LogP contribution in [0.5, 0.6) is 0 Å². The molecular weight excluding hydrogens is 527 g/mol. The molecule has 1 aliphatic rings. The van der Waals surface area contributed by atoms with Crippen molar-refractivity contribution in [2.75, 3.05) is 18.5 Å². The number of aryl methyl sites for hydroxylation is 1. The molecule has 10 nitrogen and oxygen atoms in total. The number of nitrogens with one attached hydrogen (secondary N) is 1. The van der Waals surface area contributed by atoms with Crippen LogP contribution in [0.2, 0.25) is 5.02 Å². The lowest BCUT2D eigenvalue weighted by Crippen LogP contribution is -2.42. The minimum absolute atomic E-state index is 0.0629. The summed E-state index contributed by atoms with van der Waals surface area (Å²) >= 11 is 6.16. The summed E-state index contributed by atoms with van der Waals surface area (Å²) in [5.74, 6) is -4.16. The number of Topliss-reactive ketones (excluding diaryl/α,β-unsaturated/α-hetero) is 1. The lowest BCUT2D eigenvalue weighted by Gasteiger charge is -2.32. The zero-order valence-corrected chi connectivity index (χ0v) is 22.2. The van der Waals surface area contributed by atoms with Crippen LogP contribution in [0.3, 0.4) is 0 Å². The highest BCUT2D eigenvalue weighted by Gasteiger charge is 2.46. The molecule has 196 valence electrons. The Morgan fingerprint density at radius 1 is 1.24 bits per heavy atom. The Hall–Kier alpha value is -3.35. The maximum absolute atomic E-state index is 15.2. The van der Waals surface area contributed by atoms with Crippen LogP contribution in [0.15, 0.2) is 38.4 Å². The molecular formula is C24H24ClFN4O6S. The molecule has 2 atom stereocenters. The zero-order chi connectivity index (χ0) is 27.4. The maximum Gasteiger partial charge on any atom is 0.434 e. The van der Waals surface area contributed by atoms with Crippen molar-refractivity contribution in [2.24, 2.45) is 0 Å². The summed E-state index contributed by atoms with van der Waals surface area (Å²) in [7, 11) is -3.29. The first kappa shape index (κ1) is 26.7. The van der Waals surface area contributed by atoms with E-state index in [4.69, 9.17) is 16.0 Å². The average Bonchev–Trinajstić information content (AvgIpc) is 3.22. The fourth-order valence-electron chi connectivity index (χ4n) is 4.66. The van der Waals surface area contributed by atoms with Gasteiger partial charge in [0.05, 0.1) is 12.2 Å². The Bertz CT molecular complexity index is 1600. The van der Waals surface area contributed by atoms with Crippen molar-refractivity contribution in [3.63, 3.8) is 0 Å². The van der Waals surface area contributed by atoms with Gasteiger partial charge in [0.15, 0.2) is 5.78 Å². The number of likely N-dealkylation sites (N-methyl/N-ethyl adjacent to an activating group) is 1. The number of fused-ring (bicyclic) bond motifs is 1. The number of hydrogen-bond donors (Lipinski definition) is 1. The monoisotopic (exact) mass is 550 g/mol. The maximum atomic E-state index is 15.2. The van der Waals surface area contributed by atoms with Gasteiger partial charge in [0.1, 0.15) is 16.8 Å². The van der Waals surface area contributed by atoms with Crippen LogP contribution >= 0.6 is 11.6 Å². The first-order chi connectivity index (χ1) is 17.2. The van der Waals surface area contributed by atoms with Gasteiger partial charge in [0.25, 0.3) is 0 Å². The Balaban J connectivity index is 2.04. The van der Waals surface area contributed by atoms with Gasteiger partial charge in [-0.15, -0.1) is 5.10 Å². The van der Waals surface area contributed by atoms with Crippen molar-refractivity contribution < 1.29 is 26.8 Å². The average molecular weight is 551 g/mol. The summed E-state index contributed by atoms with van der Waals surface area (Å²) < 4.78 is 49.6. The molecule has 2 aromatic carbocycles. The van der Waals surface area contributed by atoms with Crippen molar-refractivity contribution in [2.45, 2.75) is 44.6 Å². The van der Waals surface area contributed by atoms with Gasteiger partial charge in [0, 0.05) is 23.6 Å². The van der Waals surface area contributed by atoms with E-state index < -0.39 is 56.7 Å². The molecule has 1 amide bonds. The number of halogens is 2. The lowest BCUT2D eigenvalue weighted by atomic mass is 9.87. The summed E-state index contributed by atoms with van der Waals surface area (Å²) in [6.07, 6.45) is 0. The second-order valence-corrected chi connectivity index (χ2v) is 11.2. The molecule has 0 spiro atoms. The van der Waals surface area contributed by atoms with Gasteiger partial charge in [-0.1, -0.05) is 24.6 Å². The van der Waals surface area contributed by atoms with E-state index in [1.165, 1.54) is 32.2 Å². The summed E-state index contributed by atoms with van der Waals surface area (Å²) in [6.45, 7) is 5.48. The fourth-order valence-corrected chi connectivity index (χ4v) is 6.90. The Morgan fingerprint density at radius 3 is 2.51 bits per heavy atom. The molecule has 0 saturated heterocycles. The number of carbonyl (C=O) groups excluding carboxylic acids is 2. The number of benzene rings is 2. The third-order valence-electron chi connectivity index (χ3n) is 6.69. The number of sulfonamides is 1. The first-order valence-corrected chi connectivity index (χ1v) is 13.0. The van der Waals surface area contributed by atoms with Gasteiger partial charge in [0.2, 0.25) is 21.8 Å². The SMILES string of the molecule is CC(=O)c1cc(Cl)cc2c1S(=O)(=O)N([C@H](c1n[nH]c(=O)o1)[C@H](C)c1c(F)ccc(C)c1C)CC(=O)N2C. The Kier molecular flexibility index (Phi) is 6.86. The van der Waals surface area contributed by atoms with Crippen molar-refractivity contribution in [1.29, 1.82) is 0 Å². The highest BCUT2D eigenvalue weighted by Crippen LogP contribution is 2.44. The number of anilines is 1. The van der Waals surface area contributed by atoms with Crippen LogP contribution < -0.4 is 10.7 Å². The molecule has 13 heteroatoms. The molecule has 0 unspecified atom stereocenters. The second kappa shape index (κ2) is 9.51. The van der Waals surface area contributed by atoms with Crippen LogP contribution in [0, 0.1) is 19.7 Å². The molecule has 0 bridgehead atoms. The molecule has 3 aromatic rings. The predicted molar refractivity (Wildman–Crippen MR) is 133 cm³/mol. The van der Waals surface area contributed by atoms with Gasteiger partial charge in [-0.25, -0.2) is 22.7 Å². The zero-order valence-electron chi connectivity index (χ0n) is 20.6. The molecule has 0 saturated carbocycles. The Labute approximate surface area is 217 Å². The highest BCUT2D eigenvalue weighted by molar-refractivity contribution is 7.89. The van der Waals surface area contributed by atoms with E-state index in [2.05, 4.69) is 10.2 Å². The van der Waals surface area contributed by atoms with Gasteiger partial charge < -0.3 is 9.32 Å². The lowest BCUT2D eigenvalue weighted by molar-refractivity contribution is -0.118. The number of amides is 1. The second-order valence-electron chi connectivity index (χ2n) is 8.95. The Morgan fingerprint density at radius 2 is 1.92 bits per heavy atom. The molecule has 0 fully saturated rings. The molecule has 4 rings (SSSR count). The van der Waals surface area contributed by atoms with Crippen molar-refractivity contribution in [3.8, 4) is 0 Å². The summed E-state index contributed by atoms with van der Waals surface area (Å²) in [6, 6.07) is 3.90. The first-order valence-electron chi connectivity index (χ1n) is 11.2. The van der Waals surface area contributed by atoms with Crippen molar-refractivity contribution in [1.82, 2.24) is 14.5 Å². The number of aromatic amines is 1. The highest BCUT2D eigenvalue weighted by atomic mass is 35.5. The molecule has 0 aliphatic carbocycles. The van der Waals surface area contributed by atoms with Gasteiger partial charge in [-0.3, -0.25) is 9.59 Å². The van der Waals surface area contributed by atoms with Crippen LogP contribution in [0.4, 0.5) is 10.1 Å². The van der Waals surface area contributed by atoms with E-state index in [-0.39, 0.29) is 27.7 Å². The van der Waals surface area contributed by atoms with Crippen LogP contribution in [-0.2, 0) is 14.8 Å². The number of ketones is 1. The molecule has 1 N–H and O–H groups in total.